The summed E-state index contributed by atoms with van der Waals surface area (Å²) in [5, 5.41) is 10.2. The number of aryl methyl sites for hydroxylation is 1. The molecule has 88 valence electrons. The zero-order valence-corrected chi connectivity index (χ0v) is 10.2. The Kier molecular flexibility index (Phi) is 2.67. The lowest BCUT2D eigenvalue weighted by atomic mass is 10.3. The number of anilines is 1. The molecular weight excluding hydrogens is 250 g/mol. The first kappa shape index (κ1) is 11.4. The van der Waals surface area contributed by atoms with Crippen LogP contribution in [-0.4, -0.2) is 24.7 Å². The highest BCUT2D eigenvalue weighted by Crippen LogP contribution is 2.33. The minimum Gasteiger partial charge on any atom is -0.477 e. The summed E-state index contributed by atoms with van der Waals surface area (Å²) in [5.74, 6) is -1.11. The Morgan fingerprint density at radius 1 is 1.56 bits per heavy atom. The molecule has 1 aliphatic carbocycles. The SMILES string of the molecule is Cc1csc(C(=O)O)c1NS(=O)(=O)C1CC1. The number of hydrogen-bond donors (Lipinski definition) is 2. The second-order valence-corrected chi connectivity index (χ2v) is 6.61. The van der Waals surface area contributed by atoms with Crippen LogP contribution in [0.2, 0.25) is 0 Å². The van der Waals surface area contributed by atoms with Crippen molar-refractivity contribution < 1.29 is 18.3 Å². The number of carboxylic acid groups (broad SMARTS) is 1. The van der Waals surface area contributed by atoms with Gasteiger partial charge in [0, 0.05) is 0 Å². The third kappa shape index (κ3) is 2.05. The second kappa shape index (κ2) is 3.74. The van der Waals surface area contributed by atoms with Crippen molar-refractivity contribution >= 4 is 33.0 Å². The van der Waals surface area contributed by atoms with Crippen LogP contribution in [0.4, 0.5) is 5.69 Å². The molecule has 0 spiro atoms. The summed E-state index contributed by atoms with van der Waals surface area (Å²) in [5.41, 5.74) is 0.857. The molecule has 0 radical (unpaired) electrons. The van der Waals surface area contributed by atoms with Gasteiger partial charge in [-0.25, -0.2) is 13.2 Å². The van der Waals surface area contributed by atoms with Crippen LogP contribution in [0.15, 0.2) is 5.38 Å². The number of hydrogen-bond acceptors (Lipinski definition) is 4. The molecule has 1 aliphatic rings. The van der Waals surface area contributed by atoms with Gasteiger partial charge >= 0.3 is 5.97 Å². The molecular formula is C9H11NO4S2. The Morgan fingerprint density at radius 2 is 2.19 bits per heavy atom. The molecule has 16 heavy (non-hydrogen) atoms. The number of rotatable bonds is 4. The molecule has 7 heteroatoms. The van der Waals surface area contributed by atoms with Gasteiger partial charge in [0.1, 0.15) is 4.88 Å². The van der Waals surface area contributed by atoms with Crippen LogP contribution in [0, 0.1) is 6.92 Å². The Balaban J connectivity index is 2.33. The molecule has 2 rings (SSSR count). The van der Waals surface area contributed by atoms with E-state index in [0.29, 0.717) is 18.4 Å². The zero-order chi connectivity index (χ0) is 11.9. The fourth-order valence-corrected chi connectivity index (χ4v) is 3.71. The summed E-state index contributed by atoms with van der Waals surface area (Å²) in [6.45, 7) is 1.69. The van der Waals surface area contributed by atoms with E-state index in [-0.39, 0.29) is 15.8 Å². The summed E-state index contributed by atoms with van der Waals surface area (Å²) < 4.78 is 25.8. The molecule has 0 amide bonds. The van der Waals surface area contributed by atoms with Crippen molar-refractivity contribution in [2.45, 2.75) is 25.0 Å². The van der Waals surface area contributed by atoms with Crippen LogP contribution < -0.4 is 4.72 Å². The highest BCUT2D eigenvalue weighted by molar-refractivity contribution is 7.93. The van der Waals surface area contributed by atoms with E-state index in [1.807, 2.05) is 0 Å². The van der Waals surface area contributed by atoms with E-state index in [9.17, 15) is 13.2 Å². The van der Waals surface area contributed by atoms with Gasteiger partial charge in [0.25, 0.3) is 0 Å². The Bertz CT molecular complexity index is 528. The first-order chi connectivity index (χ1) is 7.42. The van der Waals surface area contributed by atoms with Crippen molar-refractivity contribution in [1.29, 1.82) is 0 Å². The molecule has 1 fully saturated rings. The maximum atomic E-state index is 11.7. The first-order valence-corrected chi connectivity index (χ1v) is 7.17. The summed E-state index contributed by atoms with van der Waals surface area (Å²) >= 11 is 1.03. The Morgan fingerprint density at radius 3 is 2.69 bits per heavy atom. The van der Waals surface area contributed by atoms with Crippen molar-refractivity contribution in [2.75, 3.05) is 4.72 Å². The predicted molar refractivity (Wildman–Crippen MR) is 61.6 cm³/mol. The molecule has 1 aromatic heterocycles. The summed E-state index contributed by atoms with van der Waals surface area (Å²) in [7, 11) is -3.40. The third-order valence-electron chi connectivity index (χ3n) is 2.38. The van der Waals surface area contributed by atoms with E-state index in [1.54, 1.807) is 12.3 Å². The molecule has 1 aromatic rings. The minimum atomic E-state index is -3.40. The van der Waals surface area contributed by atoms with Crippen molar-refractivity contribution in [3.63, 3.8) is 0 Å². The minimum absolute atomic E-state index is 0.0433. The van der Waals surface area contributed by atoms with Crippen LogP contribution in [-0.2, 0) is 10.0 Å². The Labute approximate surface area is 97.2 Å². The maximum Gasteiger partial charge on any atom is 0.348 e. The monoisotopic (exact) mass is 261 g/mol. The van der Waals surface area contributed by atoms with Gasteiger partial charge in [0.2, 0.25) is 10.0 Å². The number of carbonyl (C=O) groups is 1. The van der Waals surface area contributed by atoms with Gasteiger partial charge in [-0.05, 0) is 30.7 Å². The van der Waals surface area contributed by atoms with Crippen LogP contribution in [0.25, 0.3) is 0 Å². The normalized spacial score (nSPS) is 16.1. The quantitative estimate of drug-likeness (QED) is 0.863. The number of aromatic carboxylic acids is 1. The maximum absolute atomic E-state index is 11.7. The van der Waals surface area contributed by atoms with Crippen molar-refractivity contribution in [3.05, 3.63) is 15.8 Å². The zero-order valence-electron chi connectivity index (χ0n) is 8.56. The lowest BCUT2D eigenvalue weighted by Crippen LogP contribution is -2.18. The van der Waals surface area contributed by atoms with Crippen LogP contribution >= 0.6 is 11.3 Å². The van der Waals surface area contributed by atoms with Crippen molar-refractivity contribution in [1.82, 2.24) is 0 Å². The molecule has 5 nitrogen and oxygen atoms in total. The fraction of sp³-hybridized carbons (Fsp3) is 0.444. The van der Waals surface area contributed by atoms with Gasteiger partial charge in [0.05, 0.1) is 10.9 Å². The van der Waals surface area contributed by atoms with Crippen LogP contribution in [0.1, 0.15) is 28.1 Å². The van der Waals surface area contributed by atoms with Gasteiger partial charge in [-0.3, -0.25) is 4.72 Å². The van der Waals surface area contributed by atoms with E-state index in [2.05, 4.69) is 4.72 Å². The first-order valence-electron chi connectivity index (χ1n) is 4.75. The molecule has 1 heterocycles. The fourth-order valence-electron chi connectivity index (χ4n) is 1.33. The van der Waals surface area contributed by atoms with Gasteiger partial charge in [-0.15, -0.1) is 11.3 Å². The second-order valence-electron chi connectivity index (χ2n) is 3.77. The molecule has 0 unspecified atom stereocenters. The van der Waals surface area contributed by atoms with E-state index >= 15 is 0 Å². The average molecular weight is 261 g/mol. The number of nitrogens with one attached hydrogen (secondary N) is 1. The van der Waals surface area contributed by atoms with Gasteiger partial charge in [0.15, 0.2) is 0 Å². The summed E-state index contributed by atoms with van der Waals surface area (Å²) in [6, 6.07) is 0. The third-order valence-corrected chi connectivity index (χ3v) is 5.30. The molecule has 0 atom stereocenters. The smallest absolute Gasteiger partial charge is 0.348 e. The van der Waals surface area contributed by atoms with E-state index < -0.39 is 16.0 Å². The summed E-state index contributed by atoms with van der Waals surface area (Å²) in [4.78, 5) is 10.9. The van der Waals surface area contributed by atoms with Gasteiger partial charge in [-0.1, -0.05) is 0 Å². The molecule has 0 saturated heterocycles. The molecule has 0 aliphatic heterocycles. The standard InChI is InChI=1S/C9H11NO4S2/c1-5-4-15-8(9(11)12)7(5)10-16(13,14)6-2-3-6/h4,6,10H,2-3H2,1H3,(H,11,12). The molecule has 1 saturated carbocycles. The largest absolute Gasteiger partial charge is 0.477 e. The Hall–Kier alpha value is -1.08. The van der Waals surface area contributed by atoms with E-state index in [1.165, 1.54) is 0 Å². The molecule has 2 N–H and O–H groups in total. The predicted octanol–water partition coefficient (Wildman–Crippen LogP) is 1.66. The van der Waals surface area contributed by atoms with Gasteiger partial charge in [-0.2, -0.15) is 0 Å². The molecule has 0 bridgehead atoms. The highest BCUT2D eigenvalue weighted by atomic mass is 32.2. The highest BCUT2D eigenvalue weighted by Gasteiger charge is 2.36. The van der Waals surface area contributed by atoms with Gasteiger partial charge < -0.3 is 5.11 Å². The van der Waals surface area contributed by atoms with Crippen LogP contribution in [0.3, 0.4) is 0 Å². The number of carboxylic acids is 1. The van der Waals surface area contributed by atoms with Crippen molar-refractivity contribution in [3.8, 4) is 0 Å². The topological polar surface area (TPSA) is 83.5 Å². The van der Waals surface area contributed by atoms with E-state index in [0.717, 1.165) is 11.3 Å². The van der Waals surface area contributed by atoms with E-state index in [4.69, 9.17) is 5.11 Å². The lowest BCUT2D eigenvalue weighted by Gasteiger charge is -2.07. The summed E-state index contributed by atoms with van der Waals surface area (Å²) in [6.07, 6.45) is 1.31. The van der Waals surface area contributed by atoms with Crippen LogP contribution in [0.5, 0.6) is 0 Å². The van der Waals surface area contributed by atoms with Crippen molar-refractivity contribution in [2.24, 2.45) is 0 Å². The number of thiophene rings is 1. The molecule has 0 aromatic carbocycles. The number of sulfonamides is 1. The average Bonchev–Trinajstić information content (AvgIpc) is 2.94. The lowest BCUT2D eigenvalue weighted by molar-refractivity contribution is 0.0703.